The molecule has 0 heterocycles. The van der Waals surface area contributed by atoms with Gasteiger partial charge in [-0.25, -0.2) is 0 Å². The Morgan fingerprint density at radius 2 is 1.82 bits per heavy atom. The molecule has 2 atom stereocenters. The van der Waals surface area contributed by atoms with Crippen molar-refractivity contribution in [3.8, 4) is 0 Å². The molecule has 2 heteroatoms. The van der Waals surface area contributed by atoms with E-state index in [1.54, 1.807) is 0 Å². The van der Waals surface area contributed by atoms with Crippen molar-refractivity contribution in [1.29, 1.82) is 0 Å². The largest absolute Gasteiger partial charge is 0.307 e. The van der Waals surface area contributed by atoms with Gasteiger partial charge in [-0.1, -0.05) is 42.6 Å². The van der Waals surface area contributed by atoms with Crippen LogP contribution in [0.25, 0.3) is 0 Å². The predicted molar refractivity (Wildman–Crippen MR) is 74.4 cm³/mol. The SMILES string of the molecule is CC(N[C@H](C)C1CCCC1)c1ccccc1Cl. The fraction of sp³-hybridized carbons (Fsp3) is 0.600. The van der Waals surface area contributed by atoms with Crippen LogP contribution in [0.1, 0.15) is 51.1 Å². The minimum absolute atomic E-state index is 0.333. The van der Waals surface area contributed by atoms with E-state index in [0.717, 1.165) is 10.9 Å². The van der Waals surface area contributed by atoms with Gasteiger partial charge in [-0.15, -0.1) is 0 Å². The molecule has 0 aliphatic heterocycles. The number of rotatable bonds is 4. The lowest BCUT2D eigenvalue weighted by molar-refractivity contribution is 0.352. The van der Waals surface area contributed by atoms with Gasteiger partial charge in [0.1, 0.15) is 0 Å². The molecule has 0 spiro atoms. The molecule has 1 aliphatic rings. The molecule has 17 heavy (non-hydrogen) atoms. The zero-order chi connectivity index (χ0) is 12.3. The number of benzene rings is 1. The van der Waals surface area contributed by atoms with E-state index in [0.29, 0.717) is 12.1 Å². The van der Waals surface area contributed by atoms with Gasteiger partial charge in [0.25, 0.3) is 0 Å². The number of hydrogen-bond donors (Lipinski definition) is 1. The molecule has 0 amide bonds. The van der Waals surface area contributed by atoms with Crippen molar-refractivity contribution in [3.05, 3.63) is 34.9 Å². The van der Waals surface area contributed by atoms with Crippen LogP contribution in [0.4, 0.5) is 0 Å². The highest BCUT2D eigenvalue weighted by atomic mass is 35.5. The van der Waals surface area contributed by atoms with E-state index in [2.05, 4.69) is 31.3 Å². The van der Waals surface area contributed by atoms with Crippen LogP contribution in [0.5, 0.6) is 0 Å². The van der Waals surface area contributed by atoms with Gasteiger partial charge in [-0.3, -0.25) is 0 Å². The Morgan fingerprint density at radius 1 is 1.18 bits per heavy atom. The van der Waals surface area contributed by atoms with Crippen LogP contribution in [-0.2, 0) is 0 Å². The first-order valence-electron chi connectivity index (χ1n) is 6.69. The van der Waals surface area contributed by atoms with E-state index in [4.69, 9.17) is 11.6 Å². The van der Waals surface area contributed by atoms with Gasteiger partial charge in [0.2, 0.25) is 0 Å². The number of halogens is 1. The maximum Gasteiger partial charge on any atom is 0.0453 e. The summed E-state index contributed by atoms with van der Waals surface area (Å²) in [5.74, 6) is 0.847. The van der Waals surface area contributed by atoms with Gasteiger partial charge in [-0.2, -0.15) is 0 Å². The molecule has 0 bridgehead atoms. The third kappa shape index (κ3) is 3.23. The molecule has 1 N–H and O–H groups in total. The summed E-state index contributed by atoms with van der Waals surface area (Å²) in [5.41, 5.74) is 1.21. The van der Waals surface area contributed by atoms with E-state index in [1.165, 1.54) is 31.2 Å². The fourth-order valence-corrected chi connectivity index (χ4v) is 3.20. The zero-order valence-electron chi connectivity index (χ0n) is 10.7. The molecule has 2 rings (SSSR count). The second-order valence-electron chi connectivity index (χ2n) is 5.24. The van der Waals surface area contributed by atoms with Crippen molar-refractivity contribution < 1.29 is 0 Å². The van der Waals surface area contributed by atoms with Crippen molar-refractivity contribution in [2.24, 2.45) is 5.92 Å². The minimum Gasteiger partial charge on any atom is -0.307 e. The van der Waals surface area contributed by atoms with Crippen molar-refractivity contribution >= 4 is 11.6 Å². The highest BCUT2D eigenvalue weighted by Crippen LogP contribution is 2.29. The van der Waals surface area contributed by atoms with Crippen molar-refractivity contribution in [1.82, 2.24) is 5.32 Å². The summed E-state index contributed by atoms with van der Waals surface area (Å²) in [6, 6.07) is 9.04. The number of nitrogens with one attached hydrogen (secondary N) is 1. The van der Waals surface area contributed by atoms with Crippen molar-refractivity contribution in [2.75, 3.05) is 0 Å². The van der Waals surface area contributed by atoms with Gasteiger partial charge in [0.15, 0.2) is 0 Å². The maximum absolute atomic E-state index is 6.22. The topological polar surface area (TPSA) is 12.0 Å². The summed E-state index contributed by atoms with van der Waals surface area (Å²) in [6.45, 7) is 4.51. The number of hydrogen-bond acceptors (Lipinski definition) is 1. The summed E-state index contributed by atoms with van der Waals surface area (Å²) < 4.78 is 0. The summed E-state index contributed by atoms with van der Waals surface area (Å²) in [6.07, 6.45) is 5.56. The predicted octanol–water partition coefficient (Wildman–Crippen LogP) is 4.57. The molecule has 1 saturated carbocycles. The summed E-state index contributed by atoms with van der Waals surface area (Å²) in [5, 5.41) is 4.56. The van der Waals surface area contributed by atoms with Gasteiger partial charge >= 0.3 is 0 Å². The van der Waals surface area contributed by atoms with E-state index in [-0.39, 0.29) is 0 Å². The Labute approximate surface area is 110 Å². The normalized spacial score (nSPS) is 20.4. The lowest BCUT2D eigenvalue weighted by atomic mass is 9.98. The lowest BCUT2D eigenvalue weighted by Crippen LogP contribution is -2.34. The Bertz CT molecular complexity index is 358. The first-order chi connectivity index (χ1) is 8.18. The molecule has 1 fully saturated rings. The van der Waals surface area contributed by atoms with Crippen LogP contribution in [0.15, 0.2) is 24.3 Å². The zero-order valence-corrected chi connectivity index (χ0v) is 11.5. The molecule has 1 nitrogen and oxygen atoms in total. The minimum atomic E-state index is 0.333. The molecule has 1 aromatic carbocycles. The average molecular weight is 252 g/mol. The second kappa shape index (κ2) is 5.88. The standard InChI is InChI=1S/C15H22ClN/c1-11(13-7-3-4-8-13)17-12(2)14-9-5-6-10-15(14)16/h5-6,9-13,17H,3-4,7-8H2,1-2H3/t11-,12?/m1/s1. The molecule has 1 aliphatic carbocycles. The van der Waals surface area contributed by atoms with Crippen LogP contribution < -0.4 is 5.32 Å². The molecule has 0 aromatic heterocycles. The van der Waals surface area contributed by atoms with Crippen LogP contribution in [0.2, 0.25) is 5.02 Å². The summed E-state index contributed by atoms with van der Waals surface area (Å²) >= 11 is 6.22. The summed E-state index contributed by atoms with van der Waals surface area (Å²) in [7, 11) is 0. The van der Waals surface area contributed by atoms with E-state index < -0.39 is 0 Å². The quantitative estimate of drug-likeness (QED) is 0.827. The molecule has 1 unspecified atom stereocenters. The molecular formula is C15H22ClN. The lowest BCUT2D eigenvalue weighted by Gasteiger charge is -2.25. The highest BCUT2D eigenvalue weighted by molar-refractivity contribution is 6.31. The van der Waals surface area contributed by atoms with Crippen molar-refractivity contribution in [2.45, 2.75) is 51.6 Å². The Balaban J connectivity index is 1.96. The van der Waals surface area contributed by atoms with Crippen LogP contribution >= 0.6 is 11.6 Å². The van der Waals surface area contributed by atoms with Crippen LogP contribution in [0.3, 0.4) is 0 Å². The summed E-state index contributed by atoms with van der Waals surface area (Å²) in [4.78, 5) is 0. The molecule has 94 valence electrons. The van der Waals surface area contributed by atoms with E-state index in [9.17, 15) is 0 Å². The smallest absolute Gasteiger partial charge is 0.0453 e. The first-order valence-corrected chi connectivity index (χ1v) is 7.06. The molecule has 0 saturated heterocycles. The van der Waals surface area contributed by atoms with Gasteiger partial charge in [-0.05, 0) is 44.2 Å². The average Bonchev–Trinajstić information content (AvgIpc) is 2.82. The van der Waals surface area contributed by atoms with E-state index >= 15 is 0 Å². The van der Waals surface area contributed by atoms with Gasteiger partial charge < -0.3 is 5.32 Å². The maximum atomic E-state index is 6.22. The fourth-order valence-electron chi connectivity index (χ4n) is 2.90. The monoisotopic (exact) mass is 251 g/mol. The van der Waals surface area contributed by atoms with Gasteiger partial charge in [0, 0.05) is 17.1 Å². The Kier molecular flexibility index (Phi) is 4.47. The third-order valence-electron chi connectivity index (χ3n) is 3.99. The second-order valence-corrected chi connectivity index (χ2v) is 5.65. The van der Waals surface area contributed by atoms with E-state index in [1.807, 2.05) is 12.1 Å². The van der Waals surface area contributed by atoms with Crippen molar-refractivity contribution in [3.63, 3.8) is 0 Å². The molecule has 1 aromatic rings. The Hall–Kier alpha value is -0.530. The highest BCUT2D eigenvalue weighted by Gasteiger charge is 2.23. The molecular weight excluding hydrogens is 230 g/mol. The van der Waals surface area contributed by atoms with Crippen LogP contribution in [-0.4, -0.2) is 6.04 Å². The van der Waals surface area contributed by atoms with Gasteiger partial charge in [0.05, 0.1) is 0 Å². The Morgan fingerprint density at radius 3 is 2.47 bits per heavy atom. The van der Waals surface area contributed by atoms with Crippen LogP contribution in [0, 0.1) is 5.92 Å². The molecule has 0 radical (unpaired) electrons. The first kappa shape index (κ1) is 12.9. The third-order valence-corrected chi connectivity index (χ3v) is 4.34.